The summed E-state index contributed by atoms with van der Waals surface area (Å²) in [6.07, 6.45) is 1.15. The molecule has 1 fully saturated rings. The Morgan fingerprint density at radius 3 is 2.56 bits per heavy atom. The molecule has 2 amide bonds. The molecule has 1 aliphatic rings. The first-order chi connectivity index (χ1) is 20.6. The van der Waals surface area contributed by atoms with Crippen LogP contribution < -0.4 is 5.32 Å². The lowest BCUT2D eigenvalue weighted by atomic mass is 10.0. The molecule has 1 saturated heterocycles. The molecule has 1 N–H and O–H groups in total. The van der Waals surface area contributed by atoms with Gasteiger partial charge in [-0.2, -0.15) is 0 Å². The van der Waals surface area contributed by atoms with Gasteiger partial charge in [-0.25, -0.2) is 9.78 Å². The molecule has 3 heterocycles. The number of hydrogen-bond donors (Lipinski definition) is 1. The van der Waals surface area contributed by atoms with Crippen LogP contribution in [0.15, 0.2) is 72.8 Å². The Hall–Kier alpha value is -4.30. The van der Waals surface area contributed by atoms with E-state index in [4.69, 9.17) is 21.3 Å². The van der Waals surface area contributed by atoms with Crippen LogP contribution in [0.25, 0.3) is 33.5 Å². The van der Waals surface area contributed by atoms with Crippen molar-refractivity contribution in [3.05, 3.63) is 88.9 Å². The van der Waals surface area contributed by atoms with Crippen molar-refractivity contribution in [2.24, 2.45) is 7.05 Å². The summed E-state index contributed by atoms with van der Waals surface area (Å²) in [5.74, 6) is 0.756. The topological polar surface area (TPSA) is 81.4 Å². The molecule has 8 nitrogen and oxygen atoms in total. The smallest absolute Gasteiger partial charge is 0.407 e. The summed E-state index contributed by atoms with van der Waals surface area (Å²) in [6, 6.07) is 24.0. The number of hydrogen-bond acceptors (Lipinski definition) is 4. The molecular weight excluding hydrogens is 562 g/mol. The number of imidazole rings is 1. The van der Waals surface area contributed by atoms with E-state index in [0.717, 1.165) is 51.9 Å². The second kappa shape index (κ2) is 11.4. The largest absolute Gasteiger partial charge is 0.444 e. The van der Waals surface area contributed by atoms with Gasteiger partial charge in [-0.05, 0) is 81.6 Å². The Kier molecular flexibility index (Phi) is 7.65. The van der Waals surface area contributed by atoms with Crippen LogP contribution >= 0.6 is 11.6 Å². The number of carbonyl (C=O) groups is 2. The summed E-state index contributed by atoms with van der Waals surface area (Å²) in [4.78, 5) is 32.8. The molecule has 0 saturated carbocycles. The van der Waals surface area contributed by atoms with Gasteiger partial charge in [-0.1, -0.05) is 41.9 Å². The van der Waals surface area contributed by atoms with E-state index in [2.05, 4.69) is 32.7 Å². The zero-order valence-electron chi connectivity index (χ0n) is 24.9. The Morgan fingerprint density at radius 1 is 1.02 bits per heavy atom. The molecule has 5 aromatic rings. The fourth-order valence-corrected chi connectivity index (χ4v) is 5.96. The molecule has 1 unspecified atom stereocenters. The lowest BCUT2D eigenvalue weighted by molar-refractivity contribution is 0.0452. The van der Waals surface area contributed by atoms with Crippen molar-refractivity contribution in [1.82, 2.24) is 24.3 Å². The fraction of sp³-hybridized carbons (Fsp3) is 0.324. The molecule has 2 aromatic heterocycles. The van der Waals surface area contributed by atoms with E-state index >= 15 is 0 Å². The van der Waals surface area contributed by atoms with E-state index in [1.807, 2.05) is 82.4 Å². The van der Waals surface area contributed by atoms with Crippen LogP contribution in [-0.2, 0) is 18.3 Å². The summed E-state index contributed by atoms with van der Waals surface area (Å²) in [5, 5.41) is 4.77. The summed E-state index contributed by atoms with van der Waals surface area (Å²) in [7, 11) is 2.01. The number of benzene rings is 3. The Labute approximate surface area is 256 Å². The van der Waals surface area contributed by atoms with Crippen molar-refractivity contribution in [3.63, 3.8) is 0 Å². The fourth-order valence-electron chi connectivity index (χ4n) is 5.84. The third kappa shape index (κ3) is 6.11. The molecule has 3 aromatic carbocycles. The minimum absolute atomic E-state index is 0.0679. The number of likely N-dealkylation sites (tertiary alicyclic amines) is 1. The number of fused-ring (bicyclic) bond motifs is 2. The number of aryl methyl sites for hydroxylation is 1. The van der Waals surface area contributed by atoms with Crippen LogP contribution in [-0.4, -0.2) is 55.8 Å². The average molecular weight is 598 g/mol. The quantitative estimate of drug-likeness (QED) is 0.236. The number of amides is 2. The third-order valence-corrected chi connectivity index (χ3v) is 8.10. The Morgan fingerprint density at radius 2 is 1.79 bits per heavy atom. The van der Waals surface area contributed by atoms with E-state index < -0.39 is 11.7 Å². The molecule has 0 aliphatic carbocycles. The highest BCUT2D eigenvalue weighted by Gasteiger charge is 2.28. The monoisotopic (exact) mass is 597 g/mol. The van der Waals surface area contributed by atoms with E-state index in [-0.39, 0.29) is 11.9 Å². The van der Waals surface area contributed by atoms with Gasteiger partial charge in [-0.15, -0.1) is 0 Å². The predicted octanol–water partition coefficient (Wildman–Crippen LogP) is 7.03. The van der Waals surface area contributed by atoms with Crippen molar-refractivity contribution in [2.45, 2.75) is 51.8 Å². The van der Waals surface area contributed by atoms with Gasteiger partial charge in [-0.3, -0.25) is 4.79 Å². The zero-order valence-corrected chi connectivity index (χ0v) is 25.7. The second-order valence-electron chi connectivity index (χ2n) is 12.2. The number of halogens is 1. The molecule has 1 atom stereocenters. The SMILES string of the molecule is Cn1c(-c2cc3ccccc3n2Cc2ccc(Cl)cc2)nc2cc(C(=O)N3CCCC(NC(=O)OC(C)(C)C)C3)ccc21. The maximum Gasteiger partial charge on any atom is 0.407 e. The van der Waals surface area contributed by atoms with Crippen LogP contribution in [0.3, 0.4) is 0 Å². The first kappa shape index (κ1) is 28.8. The molecule has 222 valence electrons. The number of rotatable bonds is 5. The normalized spacial score (nSPS) is 15.7. The highest BCUT2D eigenvalue weighted by atomic mass is 35.5. The molecule has 6 rings (SSSR count). The van der Waals surface area contributed by atoms with Gasteiger partial charge in [0.15, 0.2) is 5.82 Å². The lowest BCUT2D eigenvalue weighted by Gasteiger charge is -2.33. The molecule has 0 radical (unpaired) electrons. The van der Waals surface area contributed by atoms with Crippen LogP contribution in [0, 0.1) is 0 Å². The van der Waals surface area contributed by atoms with Gasteiger partial charge in [0.2, 0.25) is 0 Å². The van der Waals surface area contributed by atoms with E-state index in [0.29, 0.717) is 30.2 Å². The van der Waals surface area contributed by atoms with Gasteiger partial charge in [0.1, 0.15) is 5.60 Å². The maximum absolute atomic E-state index is 13.6. The van der Waals surface area contributed by atoms with Gasteiger partial charge < -0.3 is 24.1 Å². The number of alkyl carbamates (subject to hydrolysis) is 1. The van der Waals surface area contributed by atoms with Crippen LogP contribution in [0.2, 0.25) is 5.02 Å². The Bertz CT molecular complexity index is 1820. The highest BCUT2D eigenvalue weighted by Crippen LogP contribution is 2.31. The second-order valence-corrected chi connectivity index (χ2v) is 12.7. The summed E-state index contributed by atoms with van der Waals surface area (Å²) < 4.78 is 9.77. The van der Waals surface area contributed by atoms with Crippen LogP contribution in [0.5, 0.6) is 0 Å². The average Bonchev–Trinajstić information content (AvgIpc) is 3.49. The van der Waals surface area contributed by atoms with Gasteiger partial charge in [0.25, 0.3) is 5.91 Å². The van der Waals surface area contributed by atoms with Gasteiger partial charge in [0, 0.05) is 54.2 Å². The number of para-hydroxylation sites is 1. The molecular formula is C34H36ClN5O3. The number of carbonyl (C=O) groups excluding carboxylic acids is 2. The Balaban J connectivity index is 1.28. The minimum atomic E-state index is -0.574. The van der Waals surface area contributed by atoms with Gasteiger partial charge >= 0.3 is 6.09 Å². The van der Waals surface area contributed by atoms with Crippen molar-refractivity contribution in [3.8, 4) is 11.5 Å². The minimum Gasteiger partial charge on any atom is -0.444 e. The number of nitrogens with one attached hydrogen (secondary N) is 1. The number of nitrogens with zero attached hydrogens (tertiary/aromatic N) is 4. The molecule has 43 heavy (non-hydrogen) atoms. The highest BCUT2D eigenvalue weighted by molar-refractivity contribution is 6.30. The van der Waals surface area contributed by atoms with Crippen molar-refractivity contribution in [2.75, 3.05) is 13.1 Å². The molecule has 0 bridgehead atoms. The summed E-state index contributed by atoms with van der Waals surface area (Å²) >= 11 is 6.15. The van der Waals surface area contributed by atoms with Crippen LogP contribution in [0.1, 0.15) is 49.5 Å². The van der Waals surface area contributed by atoms with Crippen LogP contribution in [0.4, 0.5) is 4.79 Å². The zero-order chi connectivity index (χ0) is 30.3. The first-order valence-corrected chi connectivity index (χ1v) is 15.0. The number of ether oxygens (including phenoxy) is 1. The molecule has 0 spiro atoms. The summed E-state index contributed by atoms with van der Waals surface area (Å²) in [5.41, 5.74) is 4.96. The van der Waals surface area contributed by atoms with Crippen molar-refractivity contribution >= 4 is 45.5 Å². The van der Waals surface area contributed by atoms with E-state index in [1.165, 1.54) is 0 Å². The van der Waals surface area contributed by atoms with E-state index in [9.17, 15) is 9.59 Å². The maximum atomic E-state index is 13.6. The lowest BCUT2D eigenvalue weighted by Crippen LogP contribution is -2.50. The summed E-state index contributed by atoms with van der Waals surface area (Å²) in [6.45, 7) is 7.25. The standard InChI is InChI=1S/C34H36ClN5O3/c1-34(2,3)43-33(42)36-26-9-7-17-39(21-26)32(41)24-13-16-29-27(18-24)37-31(38(29)4)30-19-23-8-5-6-10-28(23)40(30)20-22-11-14-25(35)15-12-22/h5-6,8,10-16,18-19,26H,7,9,17,20-21H2,1-4H3,(H,36,42). The van der Waals surface area contributed by atoms with Crippen molar-refractivity contribution in [1.29, 1.82) is 0 Å². The number of piperidine rings is 1. The number of aromatic nitrogens is 3. The van der Waals surface area contributed by atoms with Gasteiger partial charge in [0.05, 0.1) is 16.7 Å². The first-order valence-electron chi connectivity index (χ1n) is 14.6. The molecule has 9 heteroatoms. The predicted molar refractivity (Wildman–Crippen MR) is 170 cm³/mol. The van der Waals surface area contributed by atoms with E-state index in [1.54, 1.807) is 4.90 Å². The van der Waals surface area contributed by atoms with Crippen molar-refractivity contribution < 1.29 is 14.3 Å². The molecule has 1 aliphatic heterocycles. The third-order valence-electron chi connectivity index (χ3n) is 7.85.